The standard InChI is InChI=1S/C22H22FNO5/c1-4-13-28-19-11-5-16(14-20(19)27-3)6-12-21(25)29-15(2)22(26)24-18-9-7-17(23)8-10-18/h4-12,14-15H,1,13H2,2-3H3,(H,24,26)/b12-6+/t15-/m1/s1. The van der Waals surface area contributed by atoms with Gasteiger partial charge in [0.2, 0.25) is 0 Å². The maximum atomic E-state index is 12.9. The molecule has 0 aromatic heterocycles. The van der Waals surface area contributed by atoms with Crippen molar-refractivity contribution in [2.75, 3.05) is 19.0 Å². The molecule has 7 heteroatoms. The maximum absolute atomic E-state index is 12.9. The Labute approximate surface area is 168 Å². The number of amides is 1. The monoisotopic (exact) mass is 399 g/mol. The molecule has 0 aliphatic rings. The van der Waals surface area contributed by atoms with Gasteiger partial charge in [0.05, 0.1) is 7.11 Å². The number of rotatable bonds is 9. The van der Waals surface area contributed by atoms with Crippen LogP contribution in [0.15, 0.2) is 61.2 Å². The van der Waals surface area contributed by atoms with Gasteiger partial charge in [-0.05, 0) is 55.0 Å². The third kappa shape index (κ3) is 6.80. The third-order valence-electron chi connectivity index (χ3n) is 3.73. The number of halogens is 1. The predicted molar refractivity (Wildman–Crippen MR) is 108 cm³/mol. The Balaban J connectivity index is 1.93. The largest absolute Gasteiger partial charge is 0.493 e. The Morgan fingerprint density at radius 2 is 1.90 bits per heavy atom. The van der Waals surface area contributed by atoms with Gasteiger partial charge in [-0.1, -0.05) is 18.7 Å². The first-order valence-corrected chi connectivity index (χ1v) is 8.79. The van der Waals surface area contributed by atoms with E-state index in [-0.39, 0.29) is 0 Å². The van der Waals surface area contributed by atoms with Crippen LogP contribution in [0, 0.1) is 5.82 Å². The zero-order chi connectivity index (χ0) is 21.2. The SMILES string of the molecule is C=CCOc1ccc(/C=C/C(=O)O[C@H](C)C(=O)Nc2ccc(F)cc2)cc1OC. The predicted octanol–water partition coefficient (Wildman–Crippen LogP) is 3.98. The average molecular weight is 399 g/mol. The van der Waals surface area contributed by atoms with Gasteiger partial charge < -0.3 is 19.5 Å². The van der Waals surface area contributed by atoms with Crippen LogP contribution in [0.4, 0.5) is 10.1 Å². The number of benzene rings is 2. The normalized spacial score (nSPS) is 11.6. The van der Waals surface area contributed by atoms with Gasteiger partial charge in [-0.2, -0.15) is 0 Å². The Hall–Kier alpha value is -3.61. The highest BCUT2D eigenvalue weighted by molar-refractivity contribution is 5.96. The molecule has 0 saturated carbocycles. The highest BCUT2D eigenvalue weighted by Gasteiger charge is 2.16. The van der Waals surface area contributed by atoms with Gasteiger partial charge in [0.25, 0.3) is 5.91 Å². The number of ether oxygens (including phenoxy) is 3. The highest BCUT2D eigenvalue weighted by atomic mass is 19.1. The fourth-order valence-corrected chi connectivity index (χ4v) is 2.26. The zero-order valence-corrected chi connectivity index (χ0v) is 16.2. The fraction of sp³-hybridized carbons (Fsp3) is 0.182. The Bertz CT molecular complexity index is 893. The van der Waals surface area contributed by atoms with Crippen LogP contribution in [0.5, 0.6) is 11.5 Å². The van der Waals surface area contributed by atoms with E-state index in [0.29, 0.717) is 29.4 Å². The molecule has 0 heterocycles. The number of carbonyl (C=O) groups is 2. The molecule has 0 aliphatic carbocycles. The van der Waals surface area contributed by atoms with Crippen LogP contribution >= 0.6 is 0 Å². The van der Waals surface area contributed by atoms with E-state index < -0.39 is 23.8 Å². The Kier molecular flexibility index (Phi) is 7.97. The molecule has 2 aromatic rings. The molecule has 0 saturated heterocycles. The minimum Gasteiger partial charge on any atom is -0.493 e. The summed E-state index contributed by atoms with van der Waals surface area (Å²) in [7, 11) is 1.51. The van der Waals surface area contributed by atoms with E-state index >= 15 is 0 Å². The lowest BCUT2D eigenvalue weighted by molar-refractivity contribution is -0.148. The first kappa shape index (κ1) is 21.7. The number of methoxy groups -OCH3 is 1. The molecule has 0 unspecified atom stereocenters. The van der Waals surface area contributed by atoms with E-state index in [4.69, 9.17) is 14.2 Å². The summed E-state index contributed by atoms with van der Waals surface area (Å²) in [6, 6.07) is 10.4. The quantitative estimate of drug-likeness (QED) is 0.392. The second kappa shape index (κ2) is 10.7. The van der Waals surface area contributed by atoms with E-state index in [0.717, 1.165) is 0 Å². The van der Waals surface area contributed by atoms with Crippen molar-refractivity contribution in [3.8, 4) is 11.5 Å². The second-order valence-corrected chi connectivity index (χ2v) is 5.92. The molecule has 152 valence electrons. The number of nitrogens with one attached hydrogen (secondary N) is 1. The summed E-state index contributed by atoms with van der Waals surface area (Å²) >= 11 is 0. The molecule has 2 aromatic carbocycles. The van der Waals surface area contributed by atoms with Crippen LogP contribution in [0.1, 0.15) is 12.5 Å². The number of esters is 1. The van der Waals surface area contributed by atoms with Crippen molar-refractivity contribution >= 4 is 23.6 Å². The van der Waals surface area contributed by atoms with Crippen molar-refractivity contribution in [1.29, 1.82) is 0 Å². The number of carbonyl (C=O) groups excluding carboxylic acids is 2. The molecule has 29 heavy (non-hydrogen) atoms. The first-order valence-electron chi connectivity index (χ1n) is 8.79. The fourth-order valence-electron chi connectivity index (χ4n) is 2.26. The molecular formula is C22H22FNO5. The Morgan fingerprint density at radius 1 is 1.17 bits per heavy atom. The second-order valence-electron chi connectivity index (χ2n) is 5.92. The van der Waals surface area contributed by atoms with Gasteiger partial charge in [-0.15, -0.1) is 0 Å². The molecule has 0 spiro atoms. The lowest BCUT2D eigenvalue weighted by Gasteiger charge is -2.12. The lowest BCUT2D eigenvalue weighted by Crippen LogP contribution is -2.29. The van der Waals surface area contributed by atoms with E-state index in [1.54, 1.807) is 24.3 Å². The van der Waals surface area contributed by atoms with Crippen LogP contribution in [0.3, 0.4) is 0 Å². The van der Waals surface area contributed by atoms with Crippen LogP contribution in [0.25, 0.3) is 6.08 Å². The van der Waals surface area contributed by atoms with Gasteiger partial charge in [0.1, 0.15) is 12.4 Å². The van der Waals surface area contributed by atoms with Crippen LogP contribution in [0.2, 0.25) is 0 Å². The van der Waals surface area contributed by atoms with E-state index in [9.17, 15) is 14.0 Å². The average Bonchev–Trinajstić information content (AvgIpc) is 2.72. The Morgan fingerprint density at radius 3 is 2.55 bits per heavy atom. The molecule has 1 amide bonds. The van der Waals surface area contributed by atoms with E-state index in [1.165, 1.54) is 50.5 Å². The molecular weight excluding hydrogens is 377 g/mol. The summed E-state index contributed by atoms with van der Waals surface area (Å²) in [4.78, 5) is 24.1. The molecule has 0 radical (unpaired) electrons. The van der Waals surface area contributed by atoms with Gasteiger partial charge in [-0.3, -0.25) is 4.79 Å². The summed E-state index contributed by atoms with van der Waals surface area (Å²) in [5.41, 5.74) is 1.09. The molecule has 0 aliphatic heterocycles. The summed E-state index contributed by atoms with van der Waals surface area (Å²) in [6.07, 6.45) is 3.34. The van der Waals surface area contributed by atoms with Gasteiger partial charge in [0.15, 0.2) is 17.6 Å². The smallest absolute Gasteiger partial charge is 0.331 e. The topological polar surface area (TPSA) is 73.9 Å². The summed E-state index contributed by atoms with van der Waals surface area (Å²) in [5.74, 6) is -0.557. The minimum atomic E-state index is -1.03. The van der Waals surface area contributed by atoms with Crippen molar-refractivity contribution in [2.24, 2.45) is 0 Å². The minimum absolute atomic E-state index is 0.343. The van der Waals surface area contributed by atoms with Crippen molar-refractivity contribution < 1.29 is 28.2 Å². The van der Waals surface area contributed by atoms with Crippen LogP contribution < -0.4 is 14.8 Å². The molecule has 0 fully saturated rings. The van der Waals surface area contributed by atoms with Gasteiger partial charge in [0, 0.05) is 11.8 Å². The summed E-state index contributed by atoms with van der Waals surface area (Å²) in [6.45, 7) is 5.38. The number of hydrogen-bond acceptors (Lipinski definition) is 5. The van der Waals surface area contributed by atoms with E-state index in [1.807, 2.05) is 0 Å². The van der Waals surface area contributed by atoms with Crippen molar-refractivity contribution in [3.05, 3.63) is 72.6 Å². The van der Waals surface area contributed by atoms with Crippen LogP contribution in [-0.2, 0) is 14.3 Å². The lowest BCUT2D eigenvalue weighted by atomic mass is 10.2. The molecule has 1 N–H and O–H groups in total. The highest BCUT2D eigenvalue weighted by Crippen LogP contribution is 2.28. The molecule has 1 atom stereocenters. The third-order valence-corrected chi connectivity index (χ3v) is 3.73. The summed E-state index contributed by atoms with van der Waals surface area (Å²) in [5, 5.41) is 2.54. The van der Waals surface area contributed by atoms with Crippen molar-refractivity contribution in [3.63, 3.8) is 0 Å². The molecule has 0 bridgehead atoms. The maximum Gasteiger partial charge on any atom is 0.331 e. The van der Waals surface area contributed by atoms with Crippen molar-refractivity contribution in [1.82, 2.24) is 0 Å². The van der Waals surface area contributed by atoms with Crippen LogP contribution in [-0.4, -0.2) is 31.7 Å². The first-order chi connectivity index (χ1) is 13.9. The number of hydrogen-bond donors (Lipinski definition) is 1. The molecule has 2 rings (SSSR count). The van der Waals surface area contributed by atoms with E-state index in [2.05, 4.69) is 11.9 Å². The number of anilines is 1. The summed E-state index contributed by atoms with van der Waals surface area (Å²) < 4.78 is 28.7. The molecule has 6 nitrogen and oxygen atoms in total. The van der Waals surface area contributed by atoms with Gasteiger partial charge in [-0.25, -0.2) is 9.18 Å². The van der Waals surface area contributed by atoms with Crippen molar-refractivity contribution in [2.45, 2.75) is 13.0 Å². The van der Waals surface area contributed by atoms with Gasteiger partial charge >= 0.3 is 5.97 Å². The zero-order valence-electron chi connectivity index (χ0n) is 16.2.